The Labute approximate surface area is 262 Å². The number of ketones is 1. The number of likely N-dealkylation sites (N-methyl/N-ethyl adjacent to an activating group) is 1. The Bertz CT molecular complexity index is 1160. The lowest BCUT2D eigenvalue weighted by Gasteiger charge is -2.26. The van der Waals surface area contributed by atoms with Crippen molar-refractivity contribution in [3.8, 4) is 0 Å². The molecule has 4 atom stereocenters. The van der Waals surface area contributed by atoms with Gasteiger partial charge in [0.05, 0.1) is 19.0 Å². The minimum Gasteiger partial charge on any atom is -0.481 e. The van der Waals surface area contributed by atoms with Gasteiger partial charge in [-0.15, -0.1) is 0 Å². The monoisotopic (exact) mass is 633 g/mol. The Morgan fingerprint density at radius 1 is 0.800 bits per heavy atom. The van der Waals surface area contributed by atoms with E-state index in [9.17, 15) is 33.9 Å². The fourth-order valence-electron chi connectivity index (χ4n) is 4.25. The maximum Gasteiger partial charge on any atom is 0.305 e. The maximum atomic E-state index is 13.6. The van der Waals surface area contributed by atoms with Crippen LogP contribution in [0.25, 0.3) is 0 Å². The number of carbonyl (C=O) groups excluding carboxylic acids is 5. The van der Waals surface area contributed by atoms with Gasteiger partial charge in [-0.1, -0.05) is 30.3 Å². The Balaban J connectivity index is 3.22. The van der Waals surface area contributed by atoms with Crippen LogP contribution in [-0.4, -0.2) is 97.3 Å². The number of nitrogens with zero attached hydrogens (tertiary/aromatic N) is 1. The first-order chi connectivity index (χ1) is 21.4. The van der Waals surface area contributed by atoms with Gasteiger partial charge < -0.3 is 48.9 Å². The van der Waals surface area contributed by atoms with Gasteiger partial charge in [0.15, 0.2) is 5.96 Å². The van der Waals surface area contributed by atoms with E-state index in [1.54, 1.807) is 30.3 Å². The quantitative estimate of drug-likeness (QED) is 0.0370. The number of rotatable bonds is 22. The van der Waals surface area contributed by atoms with Crippen molar-refractivity contribution < 1.29 is 33.9 Å². The summed E-state index contributed by atoms with van der Waals surface area (Å²) in [6.45, 7) is 1.62. The maximum absolute atomic E-state index is 13.6. The zero-order chi connectivity index (χ0) is 33.8. The highest BCUT2D eigenvalue weighted by atomic mass is 16.4. The van der Waals surface area contributed by atoms with Crippen molar-refractivity contribution in [3.63, 3.8) is 0 Å². The number of nitrogens with two attached hydrogens (primary N) is 3. The van der Waals surface area contributed by atoms with Gasteiger partial charge in [-0.25, -0.2) is 0 Å². The van der Waals surface area contributed by atoms with Crippen molar-refractivity contribution in [2.24, 2.45) is 22.2 Å². The number of carboxylic acid groups (broad SMARTS) is 1. The van der Waals surface area contributed by atoms with Crippen LogP contribution in [0.5, 0.6) is 0 Å². The minimum atomic E-state index is -1.20. The molecule has 0 aliphatic carbocycles. The molecule has 16 nitrogen and oxygen atoms in total. The molecule has 0 radical (unpaired) electrons. The summed E-state index contributed by atoms with van der Waals surface area (Å²) in [4.78, 5) is 79.5. The molecule has 0 heterocycles. The number of amides is 4. The standard InChI is InChI=1S/C29H47N9O7/c1-18(39)17-35-25(42)20(12-8-14-34-29(31)32)36-26(43)21(11-6-7-13-30)37-28(45)23(15-19-9-4-3-5-10-19)38-27(44)22(33-2)16-24(40)41/h3-5,9-10,20-23,33H,6-8,11-17,30H2,1-2H3,(H,35,42)(H,36,43)(H,37,45)(H,38,44)(H,40,41)(H4,31,32,34)/t20-,21-,22-,23+/m0/s1. The molecule has 45 heavy (non-hydrogen) atoms. The molecule has 0 fully saturated rings. The average molecular weight is 634 g/mol. The molecule has 0 saturated carbocycles. The van der Waals surface area contributed by atoms with Crippen molar-refractivity contribution >= 4 is 41.3 Å². The van der Waals surface area contributed by atoms with E-state index in [-0.39, 0.29) is 44.1 Å². The number of Topliss-reactive ketones (excluding diaryl/α,β-unsaturated/α-hetero) is 1. The number of hydrogen-bond donors (Lipinski definition) is 9. The van der Waals surface area contributed by atoms with E-state index in [2.05, 4.69) is 31.6 Å². The second kappa shape index (κ2) is 21.2. The lowest BCUT2D eigenvalue weighted by atomic mass is 10.0. The van der Waals surface area contributed by atoms with Crippen molar-refractivity contribution in [1.29, 1.82) is 0 Å². The summed E-state index contributed by atoms with van der Waals surface area (Å²) in [5.41, 5.74) is 17.1. The highest BCUT2D eigenvalue weighted by molar-refractivity contribution is 5.96. The lowest BCUT2D eigenvalue weighted by molar-refractivity contribution is -0.140. The molecule has 250 valence electrons. The fourth-order valence-corrected chi connectivity index (χ4v) is 4.25. The van der Waals surface area contributed by atoms with Crippen LogP contribution in [0.3, 0.4) is 0 Å². The first-order valence-corrected chi connectivity index (χ1v) is 14.7. The summed E-state index contributed by atoms with van der Waals surface area (Å²) >= 11 is 0. The Morgan fingerprint density at radius 3 is 1.91 bits per heavy atom. The number of carboxylic acids is 1. The summed E-state index contributed by atoms with van der Waals surface area (Å²) in [6.07, 6.45) is 1.21. The van der Waals surface area contributed by atoms with Crippen LogP contribution < -0.4 is 43.8 Å². The predicted molar refractivity (Wildman–Crippen MR) is 168 cm³/mol. The van der Waals surface area contributed by atoms with Crippen molar-refractivity contribution in [3.05, 3.63) is 35.9 Å². The highest BCUT2D eigenvalue weighted by Crippen LogP contribution is 2.08. The van der Waals surface area contributed by atoms with Gasteiger partial charge in [-0.3, -0.25) is 33.8 Å². The van der Waals surface area contributed by atoms with E-state index < -0.39 is 60.2 Å². The molecule has 12 N–H and O–H groups in total. The molecule has 1 rings (SSSR count). The minimum absolute atomic E-state index is 0.0555. The molecule has 1 aromatic carbocycles. The topological polar surface area (TPSA) is 273 Å². The zero-order valence-electron chi connectivity index (χ0n) is 25.8. The molecule has 0 unspecified atom stereocenters. The molecule has 0 aliphatic heterocycles. The van der Waals surface area contributed by atoms with E-state index in [4.69, 9.17) is 17.2 Å². The van der Waals surface area contributed by atoms with Gasteiger partial charge in [0.25, 0.3) is 0 Å². The van der Waals surface area contributed by atoms with Crippen LogP contribution in [0.1, 0.15) is 51.0 Å². The fraction of sp³-hybridized carbons (Fsp3) is 0.552. The summed E-state index contributed by atoms with van der Waals surface area (Å²) in [6, 6.07) is 4.40. The average Bonchev–Trinajstić information content (AvgIpc) is 2.99. The molecule has 0 aromatic heterocycles. The summed E-state index contributed by atoms with van der Waals surface area (Å²) in [7, 11) is 1.43. The van der Waals surface area contributed by atoms with Crippen LogP contribution in [-0.2, 0) is 35.2 Å². The number of guanidine groups is 1. The molecule has 4 amide bonds. The largest absolute Gasteiger partial charge is 0.481 e. The number of aliphatic imine (C=N–C) groups is 1. The van der Waals surface area contributed by atoms with Gasteiger partial charge in [0.2, 0.25) is 23.6 Å². The number of hydrogen-bond acceptors (Lipinski definition) is 9. The molecule has 0 bridgehead atoms. The smallest absolute Gasteiger partial charge is 0.305 e. The Morgan fingerprint density at radius 2 is 1.36 bits per heavy atom. The van der Waals surface area contributed by atoms with Gasteiger partial charge in [0.1, 0.15) is 23.9 Å². The third-order valence-electron chi connectivity index (χ3n) is 6.63. The molecule has 0 spiro atoms. The van der Waals surface area contributed by atoms with E-state index in [1.165, 1.54) is 14.0 Å². The molecule has 16 heteroatoms. The summed E-state index contributed by atoms with van der Waals surface area (Å²) in [5.74, 6) is -4.25. The molecule has 0 aliphatic rings. The van der Waals surface area contributed by atoms with Crippen molar-refractivity contribution in [2.45, 2.75) is 76.0 Å². The van der Waals surface area contributed by atoms with Crippen LogP contribution in [0, 0.1) is 0 Å². The second-order valence-corrected chi connectivity index (χ2v) is 10.5. The SMILES string of the molecule is CN[C@@H](CC(=O)O)C(=O)N[C@H](Cc1ccccc1)C(=O)N[C@@H](CCCCN)C(=O)N[C@@H](CCCN=C(N)N)C(=O)NCC(C)=O. The van der Waals surface area contributed by atoms with Gasteiger partial charge >= 0.3 is 5.97 Å². The number of unbranched alkanes of at least 4 members (excludes halogenated alkanes) is 1. The molecular weight excluding hydrogens is 586 g/mol. The zero-order valence-corrected chi connectivity index (χ0v) is 25.8. The van der Waals surface area contributed by atoms with Gasteiger partial charge in [-0.2, -0.15) is 0 Å². The summed E-state index contributed by atoms with van der Waals surface area (Å²) < 4.78 is 0. The third-order valence-corrected chi connectivity index (χ3v) is 6.63. The summed E-state index contributed by atoms with van der Waals surface area (Å²) in [5, 5.41) is 22.2. The molecule has 1 aromatic rings. The van der Waals surface area contributed by atoms with Crippen LogP contribution >= 0.6 is 0 Å². The Kier molecular flexibility index (Phi) is 18.1. The van der Waals surface area contributed by atoms with Crippen molar-refractivity contribution in [2.75, 3.05) is 26.7 Å². The number of aliphatic carboxylic acids is 1. The first-order valence-electron chi connectivity index (χ1n) is 14.7. The molecule has 0 saturated heterocycles. The first kappa shape index (κ1) is 38.5. The van der Waals surface area contributed by atoms with E-state index in [1.807, 2.05) is 0 Å². The predicted octanol–water partition coefficient (Wildman–Crippen LogP) is -2.37. The van der Waals surface area contributed by atoms with Gasteiger partial charge in [0, 0.05) is 13.0 Å². The number of benzene rings is 1. The Hall–Kier alpha value is -4.57. The lowest BCUT2D eigenvalue weighted by Crippen LogP contribution is -2.58. The van der Waals surface area contributed by atoms with E-state index in [0.29, 0.717) is 31.4 Å². The van der Waals surface area contributed by atoms with Crippen LogP contribution in [0.4, 0.5) is 0 Å². The van der Waals surface area contributed by atoms with E-state index >= 15 is 0 Å². The van der Waals surface area contributed by atoms with Crippen LogP contribution in [0.15, 0.2) is 35.3 Å². The normalized spacial score (nSPS) is 13.3. The highest BCUT2D eigenvalue weighted by Gasteiger charge is 2.31. The van der Waals surface area contributed by atoms with Crippen molar-refractivity contribution in [1.82, 2.24) is 26.6 Å². The van der Waals surface area contributed by atoms with E-state index in [0.717, 1.165) is 0 Å². The second-order valence-electron chi connectivity index (χ2n) is 10.5. The number of carbonyl (C=O) groups is 6. The third kappa shape index (κ3) is 16.2. The van der Waals surface area contributed by atoms with Crippen LogP contribution in [0.2, 0.25) is 0 Å². The van der Waals surface area contributed by atoms with Gasteiger partial charge in [-0.05, 0) is 58.2 Å². The molecular formula is C29H47N9O7. The number of nitrogens with one attached hydrogen (secondary N) is 5.